The van der Waals surface area contributed by atoms with E-state index in [0.717, 1.165) is 12.1 Å². The maximum absolute atomic E-state index is 12.8. The summed E-state index contributed by atoms with van der Waals surface area (Å²) in [5, 5.41) is 4.81. The smallest absolute Gasteiger partial charge is 0.416 e. The summed E-state index contributed by atoms with van der Waals surface area (Å²) >= 11 is 0. The highest BCUT2D eigenvalue weighted by atomic mass is 19.4. The van der Waals surface area contributed by atoms with Crippen LogP contribution in [-0.4, -0.2) is 24.0 Å². The number of carbonyl (C=O) groups excluding carboxylic acids is 2. The number of carbonyl (C=O) groups is 2. The monoisotopic (exact) mass is 459 g/mol. The van der Waals surface area contributed by atoms with Crippen LogP contribution < -0.4 is 26.2 Å². The summed E-state index contributed by atoms with van der Waals surface area (Å²) in [4.78, 5) is 27.8. The van der Waals surface area contributed by atoms with Crippen LogP contribution in [0, 0.1) is 6.92 Å². The van der Waals surface area contributed by atoms with Crippen molar-refractivity contribution in [2.75, 3.05) is 17.8 Å². The molecule has 0 fully saturated rings. The molecule has 172 valence electrons. The highest BCUT2D eigenvalue weighted by Gasteiger charge is 2.30. The minimum atomic E-state index is -4.51. The average molecular weight is 459 g/mol. The summed E-state index contributed by atoms with van der Waals surface area (Å²) in [6.45, 7) is 1.74. The Morgan fingerprint density at radius 1 is 1.03 bits per heavy atom. The number of aromatic nitrogens is 1. The SMILES string of the molecule is CNC(=O)c1cc(Oc2cccc(NNC(=O)Nc3cccc(C(F)(F)F)c3)c2C)ccn1. The molecule has 8 nitrogen and oxygen atoms in total. The fourth-order valence-corrected chi connectivity index (χ4v) is 2.77. The number of benzene rings is 2. The summed E-state index contributed by atoms with van der Waals surface area (Å²) < 4.78 is 44.3. The van der Waals surface area contributed by atoms with Crippen LogP contribution in [-0.2, 0) is 6.18 Å². The molecule has 0 aliphatic heterocycles. The molecule has 0 unspecified atom stereocenters. The number of amides is 3. The molecule has 11 heteroatoms. The van der Waals surface area contributed by atoms with Crippen molar-refractivity contribution in [3.63, 3.8) is 0 Å². The van der Waals surface area contributed by atoms with Crippen LogP contribution in [0.3, 0.4) is 0 Å². The van der Waals surface area contributed by atoms with Crippen molar-refractivity contribution in [3.05, 3.63) is 77.6 Å². The Bertz CT molecular complexity index is 1170. The second kappa shape index (κ2) is 9.90. The molecule has 33 heavy (non-hydrogen) atoms. The molecule has 0 bridgehead atoms. The zero-order valence-corrected chi connectivity index (χ0v) is 17.6. The molecule has 3 aromatic rings. The van der Waals surface area contributed by atoms with Gasteiger partial charge in [-0.1, -0.05) is 12.1 Å². The quantitative estimate of drug-likeness (QED) is 0.400. The number of halogens is 3. The molecule has 4 N–H and O–H groups in total. The van der Waals surface area contributed by atoms with Crippen molar-refractivity contribution in [3.8, 4) is 11.5 Å². The first kappa shape index (κ1) is 23.4. The molecule has 2 aromatic carbocycles. The maximum atomic E-state index is 12.8. The summed E-state index contributed by atoms with van der Waals surface area (Å²) in [5.41, 5.74) is 5.51. The standard InChI is InChI=1S/C22H20F3N5O3/c1-13-17(29-30-21(32)28-15-6-3-5-14(11-15)22(23,24)25)7-4-8-19(13)33-16-9-10-27-18(12-16)20(31)26-2/h3-12,29H,1-2H3,(H,26,31)(H2,28,30,32). The molecule has 3 amide bonds. The minimum Gasteiger partial charge on any atom is -0.457 e. The maximum Gasteiger partial charge on any atom is 0.416 e. The number of hydrogen-bond donors (Lipinski definition) is 4. The van der Waals surface area contributed by atoms with E-state index in [1.54, 1.807) is 31.2 Å². The lowest BCUT2D eigenvalue weighted by Crippen LogP contribution is -2.33. The summed E-state index contributed by atoms with van der Waals surface area (Å²) in [6, 6.07) is 11.7. The molecule has 3 rings (SSSR count). The van der Waals surface area contributed by atoms with Crippen LogP contribution in [0.2, 0.25) is 0 Å². The number of nitrogens with one attached hydrogen (secondary N) is 4. The predicted octanol–water partition coefficient (Wildman–Crippen LogP) is 4.71. The Morgan fingerprint density at radius 2 is 1.79 bits per heavy atom. The van der Waals surface area contributed by atoms with E-state index in [0.29, 0.717) is 22.7 Å². The van der Waals surface area contributed by atoms with Gasteiger partial charge in [-0.2, -0.15) is 13.2 Å². The van der Waals surface area contributed by atoms with E-state index in [-0.39, 0.29) is 17.3 Å². The van der Waals surface area contributed by atoms with Gasteiger partial charge in [0.15, 0.2) is 0 Å². The van der Waals surface area contributed by atoms with Gasteiger partial charge in [0.25, 0.3) is 5.91 Å². The van der Waals surface area contributed by atoms with Crippen molar-refractivity contribution >= 4 is 23.3 Å². The Labute approximate surface area is 187 Å². The third kappa shape index (κ3) is 6.12. The van der Waals surface area contributed by atoms with Gasteiger partial charge < -0.3 is 15.4 Å². The second-order valence-electron chi connectivity index (χ2n) is 6.77. The fourth-order valence-electron chi connectivity index (χ4n) is 2.77. The Balaban J connectivity index is 1.65. The van der Waals surface area contributed by atoms with Gasteiger partial charge >= 0.3 is 12.2 Å². The van der Waals surface area contributed by atoms with E-state index in [4.69, 9.17) is 4.74 Å². The van der Waals surface area contributed by atoms with Gasteiger partial charge in [-0.05, 0) is 43.3 Å². The van der Waals surface area contributed by atoms with Gasteiger partial charge in [-0.3, -0.25) is 20.6 Å². The molecule has 0 aliphatic carbocycles. The van der Waals surface area contributed by atoms with Gasteiger partial charge in [-0.15, -0.1) is 0 Å². The Morgan fingerprint density at radius 3 is 2.52 bits per heavy atom. The highest BCUT2D eigenvalue weighted by molar-refractivity contribution is 5.92. The van der Waals surface area contributed by atoms with Crippen molar-refractivity contribution in [1.29, 1.82) is 0 Å². The summed E-state index contributed by atoms with van der Waals surface area (Å²) in [7, 11) is 1.49. The number of alkyl halides is 3. The number of urea groups is 1. The van der Waals surface area contributed by atoms with E-state index >= 15 is 0 Å². The first-order chi connectivity index (χ1) is 15.7. The van der Waals surface area contributed by atoms with Gasteiger partial charge in [0.2, 0.25) is 0 Å². The van der Waals surface area contributed by atoms with Crippen molar-refractivity contribution in [2.45, 2.75) is 13.1 Å². The van der Waals surface area contributed by atoms with E-state index in [9.17, 15) is 22.8 Å². The normalized spacial score (nSPS) is 10.8. The number of hydrogen-bond acceptors (Lipinski definition) is 5. The zero-order chi connectivity index (χ0) is 24.0. The van der Waals surface area contributed by atoms with Crippen LogP contribution in [0.4, 0.5) is 29.3 Å². The molecular weight excluding hydrogens is 439 g/mol. The number of rotatable bonds is 6. The topological polar surface area (TPSA) is 104 Å². The van der Waals surface area contributed by atoms with Crippen molar-refractivity contribution < 1.29 is 27.5 Å². The average Bonchev–Trinajstić information content (AvgIpc) is 2.79. The van der Waals surface area contributed by atoms with E-state index in [1.807, 2.05) is 0 Å². The molecule has 1 aromatic heterocycles. The largest absolute Gasteiger partial charge is 0.457 e. The van der Waals surface area contributed by atoms with Gasteiger partial charge in [0, 0.05) is 30.6 Å². The van der Waals surface area contributed by atoms with E-state index in [2.05, 4.69) is 26.5 Å². The van der Waals surface area contributed by atoms with Gasteiger partial charge in [0.05, 0.1) is 11.3 Å². The summed E-state index contributed by atoms with van der Waals surface area (Å²) in [6.07, 6.45) is -3.07. The molecule has 0 atom stereocenters. The molecule has 1 heterocycles. The van der Waals surface area contributed by atoms with E-state index in [1.165, 1.54) is 31.4 Å². The fraction of sp³-hybridized carbons (Fsp3) is 0.136. The van der Waals surface area contributed by atoms with Crippen molar-refractivity contribution in [2.24, 2.45) is 0 Å². The van der Waals surface area contributed by atoms with Crippen LogP contribution in [0.15, 0.2) is 60.8 Å². The number of nitrogens with zero attached hydrogens (tertiary/aromatic N) is 1. The van der Waals surface area contributed by atoms with Gasteiger partial charge in [0.1, 0.15) is 17.2 Å². The third-order valence-corrected chi connectivity index (χ3v) is 4.46. The lowest BCUT2D eigenvalue weighted by Gasteiger charge is -2.15. The second-order valence-corrected chi connectivity index (χ2v) is 6.77. The van der Waals surface area contributed by atoms with Crippen molar-refractivity contribution in [1.82, 2.24) is 15.7 Å². The lowest BCUT2D eigenvalue weighted by atomic mass is 10.2. The van der Waals surface area contributed by atoms with Crippen LogP contribution in [0.5, 0.6) is 11.5 Å². The molecule has 0 radical (unpaired) electrons. The third-order valence-electron chi connectivity index (χ3n) is 4.46. The first-order valence-electron chi connectivity index (χ1n) is 9.63. The van der Waals surface area contributed by atoms with Crippen LogP contribution in [0.1, 0.15) is 21.6 Å². The molecule has 0 aliphatic rings. The van der Waals surface area contributed by atoms with Crippen LogP contribution >= 0.6 is 0 Å². The van der Waals surface area contributed by atoms with Gasteiger partial charge in [-0.25, -0.2) is 4.79 Å². The lowest BCUT2D eigenvalue weighted by molar-refractivity contribution is -0.137. The number of pyridine rings is 1. The zero-order valence-electron chi connectivity index (χ0n) is 17.6. The number of hydrazine groups is 1. The Hall–Kier alpha value is -4.28. The highest BCUT2D eigenvalue weighted by Crippen LogP contribution is 2.31. The molecule has 0 saturated carbocycles. The Kier molecular flexibility index (Phi) is 7.01. The minimum absolute atomic E-state index is 0.0115. The first-order valence-corrected chi connectivity index (χ1v) is 9.63. The molecule has 0 saturated heterocycles. The number of anilines is 2. The summed E-state index contributed by atoms with van der Waals surface area (Å²) in [5.74, 6) is 0.483. The predicted molar refractivity (Wildman–Crippen MR) is 116 cm³/mol. The van der Waals surface area contributed by atoms with Crippen LogP contribution in [0.25, 0.3) is 0 Å². The number of ether oxygens (including phenoxy) is 1. The van der Waals surface area contributed by atoms with E-state index < -0.39 is 17.8 Å². The molecular formula is C22H20F3N5O3. The molecule has 0 spiro atoms.